The summed E-state index contributed by atoms with van der Waals surface area (Å²) in [6, 6.07) is 0.784. The van der Waals surface area contributed by atoms with Crippen molar-refractivity contribution in [3.8, 4) is 0 Å². The van der Waals surface area contributed by atoms with Gasteiger partial charge in [-0.15, -0.1) is 0 Å². The van der Waals surface area contributed by atoms with Crippen LogP contribution in [0.4, 0.5) is 29.3 Å². The van der Waals surface area contributed by atoms with E-state index < -0.39 is 41.0 Å². The molecule has 1 fully saturated rings. The monoisotopic (exact) mass is 409 g/mol. The molecule has 0 aliphatic carbocycles. The fraction of sp³-hybridized carbons (Fsp3) is 0.389. The SMILES string of the molecule is CC(=O)NCC1CN(c2cc(F)c(N3Cc4cn(C)nc4C3)c(F)c2F)C(=O)O1. The van der Waals surface area contributed by atoms with Gasteiger partial charge in [0.2, 0.25) is 5.91 Å². The highest BCUT2D eigenvalue weighted by Crippen LogP contribution is 2.37. The second-order valence-electron chi connectivity index (χ2n) is 7.04. The van der Waals surface area contributed by atoms with Crippen molar-refractivity contribution < 1.29 is 27.5 Å². The van der Waals surface area contributed by atoms with Crippen LogP contribution < -0.4 is 15.1 Å². The number of aryl methyl sites for hydroxylation is 1. The zero-order valence-corrected chi connectivity index (χ0v) is 15.7. The molecular weight excluding hydrogens is 391 g/mol. The molecule has 1 N–H and O–H groups in total. The summed E-state index contributed by atoms with van der Waals surface area (Å²) in [5.41, 5.74) is 0.420. The van der Waals surface area contributed by atoms with E-state index in [0.29, 0.717) is 5.69 Å². The Balaban J connectivity index is 1.58. The van der Waals surface area contributed by atoms with E-state index in [1.807, 2.05) is 0 Å². The van der Waals surface area contributed by atoms with Crippen LogP contribution in [0, 0.1) is 17.5 Å². The van der Waals surface area contributed by atoms with Crippen LogP contribution in [0.3, 0.4) is 0 Å². The number of rotatable bonds is 4. The number of carbonyl (C=O) groups is 2. The second kappa shape index (κ2) is 6.98. The third-order valence-corrected chi connectivity index (χ3v) is 4.87. The maximum atomic E-state index is 14.8. The van der Waals surface area contributed by atoms with Crippen molar-refractivity contribution in [3.05, 3.63) is 41.0 Å². The summed E-state index contributed by atoms with van der Waals surface area (Å²) in [5, 5.41) is 6.69. The number of carbonyl (C=O) groups excluding carboxylic acids is 2. The highest BCUT2D eigenvalue weighted by atomic mass is 19.2. The maximum absolute atomic E-state index is 14.8. The first-order valence-electron chi connectivity index (χ1n) is 8.91. The number of nitrogens with one attached hydrogen (secondary N) is 1. The third-order valence-electron chi connectivity index (χ3n) is 4.87. The number of halogens is 3. The molecule has 1 aromatic carbocycles. The van der Waals surface area contributed by atoms with Crippen molar-refractivity contribution in [3.63, 3.8) is 0 Å². The molecule has 2 aliphatic rings. The summed E-state index contributed by atoms with van der Waals surface area (Å²) >= 11 is 0. The van der Waals surface area contributed by atoms with Crippen LogP contribution in [0.1, 0.15) is 18.2 Å². The van der Waals surface area contributed by atoms with Crippen LogP contribution in [-0.4, -0.2) is 41.0 Å². The standard InChI is InChI=1S/C18H18F3N5O3/c1-9(27)22-4-11-7-26(18(28)29-11)14-3-12(19)17(16(21)15(14)20)25-6-10-5-24(2)23-13(10)8-25/h3,5,11H,4,6-8H2,1-2H3,(H,22,27). The molecule has 11 heteroatoms. The number of hydrogen-bond acceptors (Lipinski definition) is 5. The molecular formula is C18H18F3N5O3. The van der Waals surface area contributed by atoms with Gasteiger partial charge in [0, 0.05) is 38.3 Å². The molecule has 1 aromatic heterocycles. The largest absolute Gasteiger partial charge is 0.442 e. The maximum Gasteiger partial charge on any atom is 0.414 e. The van der Waals surface area contributed by atoms with Gasteiger partial charge in [-0.1, -0.05) is 0 Å². The highest BCUT2D eigenvalue weighted by molar-refractivity contribution is 5.90. The van der Waals surface area contributed by atoms with Gasteiger partial charge >= 0.3 is 6.09 Å². The summed E-state index contributed by atoms with van der Waals surface area (Å²) in [4.78, 5) is 25.2. The lowest BCUT2D eigenvalue weighted by Gasteiger charge is -2.22. The van der Waals surface area contributed by atoms with Gasteiger partial charge < -0.3 is 15.0 Å². The summed E-state index contributed by atoms with van der Waals surface area (Å²) < 4.78 is 51.0. The molecule has 2 amide bonds. The van der Waals surface area contributed by atoms with E-state index in [0.717, 1.165) is 16.5 Å². The van der Waals surface area contributed by atoms with Crippen molar-refractivity contribution in [1.29, 1.82) is 0 Å². The van der Waals surface area contributed by atoms with Gasteiger partial charge in [0.15, 0.2) is 17.5 Å². The number of ether oxygens (including phenoxy) is 1. The van der Waals surface area contributed by atoms with Crippen LogP contribution >= 0.6 is 0 Å². The predicted molar refractivity (Wildman–Crippen MR) is 95.7 cm³/mol. The van der Waals surface area contributed by atoms with E-state index in [2.05, 4.69) is 10.4 Å². The molecule has 1 saturated heterocycles. The van der Waals surface area contributed by atoms with Gasteiger partial charge in [0.1, 0.15) is 11.8 Å². The fourth-order valence-electron chi connectivity index (χ4n) is 3.59. The Labute approximate surface area is 163 Å². The summed E-state index contributed by atoms with van der Waals surface area (Å²) in [7, 11) is 1.74. The highest BCUT2D eigenvalue weighted by Gasteiger charge is 2.37. The molecule has 3 heterocycles. The minimum atomic E-state index is -1.38. The molecule has 154 valence electrons. The Bertz CT molecular complexity index is 986. The van der Waals surface area contributed by atoms with E-state index in [4.69, 9.17) is 4.74 Å². The van der Waals surface area contributed by atoms with Gasteiger partial charge in [-0.25, -0.2) is 18.0 Å². The molecule has 4 rings (SSSR count). The molecule has 2 aliphatic heterocycles. The molecule has 2 aromatic rings. The quantitative estimate of drug-likeness (QED) is 0.780. The van der Waals surface area contributed by atoms with Crippen molar-refractivity contribution in [2.75, 3.05) is 22.9 Å². The number of cyclic esters (lactones) is 1. The number of amides is 2. The number of nitrogens with zero attached hydrogens (tertiary/aromatic N) is 4. The van der Waals surface area contributed by atoms with Gasteiger partial charge in [-0.05, 0) is 0 Å². The van der Waals surface area contributed by atoms with Gasteiger partial charge in [0.25, 0.3) is 0 Å². The molecule has 29 heavy (non-hydrogen) atoms. The van der Waals surface area contributed by atoms with Crippen LogP contribution in [-0.2, 0) is 29.7 Å². The van der Waals surface area contributed by atoms with E-state index in [-0.39, 0.29) is 32.1 Å². The molecule has 0 radical (unpaired) electrons. The summed E-state index contributed by atoms with van der Waals surface area (Å²) in [6.07, 6.45) is 0.0475. The lowest BCUT2D eigenvalue weighted by molar-refractivity contribution is -0.119. The van der Waals surface area contributed by atoms with Gasteiger partial charge in [-0.2, -0.15) is 5.10 Å². The smallest absolute Gasteiger partial charge is 0.414 e. The zero-order valence-electron chi connectivity index (χ0n) is 15.7. The average molecular weight is 409 g/mol. The summed E-state index contributed by atoms with van der Waals surface area (Å²) in [6.45, 7) is 1.51. The van der Waals surface area contributed by atoms with E-state index in [9.17, 15) is 22.8 Å². The first-order chi connectivity index (χ1) is 13.7. The Morgan fingerprint density at radius 2 is 2.07 bits per heavy atom. The topological polar surface area (TPSA) is 79.7 Å². The van der Waals surface area contributed by atoms with Crippen LogP contribution in [0.25, 0.3) is 0 Å². The molecule has 0 saturated carbocycles. The predicted octanol–water partition coefficient (Wildman–Crippen LogP) is 1.82. The minimum Gasteiger partial charge on any atom is -0.442 e. The number of hydrogen-bond donors (Lipinski definition) is 1. The Morgan fingerprint density at radius 3 is 2.76 bits per heavy atom. The average Bonchev–Trinajstić information content (AvgIpc) is 3.29. The van der Waals surface area contributed by atoms with E-state index in [1.165, 1.54) is 11.8 Å². The van der Waals surface area contributed by atoms with Crippen molar-refractivity contribution in [2.24, 2.45) is 7.05 Å². The lowest BCUT2D eigenvalue weighted by atomic mass is 10.2. The Hall–Kier alpha value is -3.24. The number of aromatic nitrogens is 2. The second-order valence-corrected chi connectivity index (χ2v) is 7.04. The molecule has 0 bridgehead atoms. The van der Waals surface area contributed by atoms with Crippen LogP contribution in [0.5, 0.6) is 0 Å². The first-order valence-corrected chi connectivity index (χ1v) is 8.91. The van der Waals surface area contributed by atoms with Crippen LogP contribution in [0.15, 0.2) is 12.3 Å². The Morgan fingerprint density at radius 1 is 1.31 bits per heavy atom. The third kappa shape index (κ3) is 3.36. The molecule has 1 atom stereocenters. The lowest BCUT2D eigenvalue weighted by Crippen LogP contribution is -2.33. The molecule has 0 spiro atoms. The molecule has 1 unspecified atom stereocenters. The normalized spacial score (nSPS) is 18.2. The summed E-state index contributed by atoms with van der Waals surface area (Å²) in [5.74, 6) is -4.05. The number of benzene rings is 1. The van der Waals surface area contributed by atoms with Crippen LogP contribution in [0.2, 0.25) is 0 Å². The number of anilines is 2. The fourth-order valence-corrected chi connectivity index (χ4v) is 3.59. The van der Waals surface area contributed by atoms with Gasteiger partial charge in [0.05, 0.1) is 31.0 Å². The van der Waals surface area contributed by atoms with Crippen molar-refractivity contribution in [1.82, 2.24) is 15.1 Å². The number of fused-ring (bicyclic) bond motifs is 1. The van der Waals surface area contributed by atoms with Crippen molar-refractivity contribution in [2.45, 2.75) is 26.1 Å². The minimum absolute atomic E-state index is 0.0156. The van der Waals surface area contributed by atoms with Crippen molar-refractivity contribution >= 4 is 23.4 Å². The van der Waals surface area contributed by atoms with E-state index >= 15 is 0 Å². The molecule has 8 nitrogen and oxygen atoms in total. The van der Waals surface area contributed by atoms with Gasteiger partial charge in [-0.3, -0.25) is 14.4 Å². The zero-order chi connectivity index (χ0) is 20.9. The van der Waals surface area contributed by atoms with E-state index in [1.54, 1.807) is 17.9 Å². The Kier molecular flexibility index (Phi) is 4.59. The first kappa shape index (κ1) is 19.1.